The van der Waals surface area contributed by atoms with Crippen molar-refractivity contribution in [2.75, 3.05) is 44.8 Å². The van der Waals surface area contributed by atoms with Gasteiger partial charge in [0.05, 0.1) is 20.1 Å². The molecule has 2 heterocycles. The summed E-state index contributed by atoms with van der Waals surface area (Å²) >= 11 is 0. The molecule has 2 N–H and O–H groups in total. The Hall–Kier alpha value is -3.85. The zero-order valence-corrected chi connectivity index (χ0v) is 18.9. The molecule has 4 rings (SSSR count). The maximum Gasteiger partial charge on any atom is 0.336 e. The van der Waals surface area contributed by atoms with Gasteiger partial charge in [-0.05, 0) is 29.8 Å². The van der Waals surface area contributed by atoms with Gasteiger partial charge < -0.3 is 29.4 Å². The van der Waals surface area contributed by atoms with Crippen molar-refractivity contribution in [1.82, 2.24) is 10.2 Å². The minimum absolute atomic E-state index is 0.139. The van der Waals surface area contributed by atoms with Crippen LogP contribution in [0.4, 0.5) is 5.69 Å². The fourth-order valence-corrected chi connectivity index (χ4v) is 4.13. The highest BCUT2D eigenvalue weighted by Crippen LogP contribution is 2.23. The number of amides is 2. The highest BCUT2D eigenvalue weighted by molar-refractivity contribution is 5.91. The molecule has 0 radical (unpaired) electrons. The number of hydrogen-bond acceptors (Lipinski definition) is 7. The summed E-state index contributed by atoms with van der Waals surface area (Å²) in [5.41, 5.74) is 1.28. The van der Waals surface area contributed by atoms with Gasteiger partial charge in [0.1, 0.15) is 17.4 Å². The van der Waals surface area contributed by atoms with Crippen LogP contribution in [0, 0.1) is 0 Å². The summed E-state index contributed by atoms with van der Waals surface area (Å²) in [5, 5.41) is 13.0. The molecule has 1 aliphatic heterocycles. The van der Waals surface area contributed by atoms with Crippen LogP contribution in [0.25, 0.3) is 11.0 Å². The number of fused-ring (bicyclic) bond motifs is 1. The van der Waals surface area contributed by atoms with E-state index in [2.05, 4.69) is 10.2 Å². The van der Waals surface area contributed by atoms with Crippen LogP contribution in [0.2, 0.25) is 0 Å². The minimum atomic E-state index is -1.05. The van der Waals surface area contributed by atoms with Gasteiger partial charge in [-0.2, -0.15) is 0 Å². The summed E-state index contributed by atoms with van der Waals surface area (Å²) in [6.07, 6.45) is -0.139. The third kappa shape index (κ3) is 5.20. The number of para-hydroxylation sites is 1. The van der Waals surface area contributed by atoms with Crippen LogP contribution in [-0.2, 0) is 16.0 Å². The molecular weight excluding hydrogens is 438 g/mol. The van der Waals surface area contributed by atoms with Gasteiger partial charge in [-0.15, -0.1) is 0 Å². The van der Waals surface area contributed by atoms with Gasteiger partial charge in [-0.1, -0.05) is 18.2 Å². The molecule has 3 aromatic rings. The number of carbonyl (C=O) groups excluding carboxylic acids is 2. The number of hydrogen-bond donors (Lipinski definition) is 2. The summed E-state index contributed by atoms with van der Waals surface area (Å²) in [4.78, 5) is 41.5. The van der Waals surface area contributed by atoms with E-state index in [-0.39, 0.29) is 12.3 Å². The number of piperazine rings is 1. The lowest BCUT2D eigenvalue weighted by Gasteiger charge is -2.37. The van der Waals surface area contributed by atoms with Crippen LogP contribution in [0.1, 0.15) is 5.56 Å². The second-order valence-electron chi connectivity index (χ2n) is 8.08. The first-order chi connectivity index (χ1) is 16.5. The maximum absolute atomic E-state index is 13.0. The smallest absolute Gasteiger partial charge is 0.336 e. The molecule has 34 heavy (non-hydrogen) atoms. The Balaban J connectivity index is 1.39. The average Bonchev–Trinajstić information content (AvgIpc) is 2.87. The van der Waals surface area contributed by atoms with Crippen molar-refractivity contribution in [1.29, 1.82) is 0 Å². The van der Waals surface area contributed by atoms with Crippen LogP contribution in [0.5, 0.6) is 5.75 Å². The lowest BCUT2D eigenvalue weighted by atomic mass is 10.1. The van der Waals surface area contributed by atoms with E-state index >= 15 is 0 Å². The third-order valence-electron chi connectivity index (χ3n) is 5.92. The van der Waals surface area contributed by atoms with E-state index in [1.165, 1.54) is 13.2 Å². The quantitative estimate of drug-likeness (QED) is 0.504. The van der Waals surface area contributed by atoms with Crippen molar-refractivity contribution in [2.45, 2.75) is 12.5 Å². The topological polar surface area (TPSA) is 112 Å². The Bertz CT molecular complexity index is 1220. The summed E-state index contributed by atoms with van der Waals surface area (Å²) < 4.78 is 10.4. The first-order valence-electron chi connectivity index (χ1n) is 11.1. The van der Waals surface area contributed by atoms with Crippen LogP contribution in [0.15, 0.2) is 63.8 Å². The van der Waals surface area contributed by atoms with Gasteiger partial charge in [0.25, 0.3) is 0 Å². The van der Waals surface area contributed by atoms with Crippen molar-refractivity contribution in [3.05, 3.63) is 70.6 Å². The number of nitrogens with zero attached hydrogens (tertiary/aromatic N) is 2. The molecule has 0 bridgehead atoms. The van der Waals surface area contributed by atoms with E-state index in [0.717, 1.165) is 5.69 Å². The third-order valence-corrected chi connectivity index (χ3v) is 5.92. The van der Waals surface area contributed by atoms with Gasteiger partial charge in [0.2, 0.25) is 11.8 Å². The minimum Gasteiger partial charge on any atom is -0.497 e. The Morgan fingerprint density at radius 3 is 2.50 bits per heavy atom. The molecule has 2 aromatic carbocycles. The van der Waals surface area contributed by atoms with Crippen LogP contribution in [0.3, 0.4) is 0 Å². The van der Waals surface area contributed by atoms with Gasteiger partial charge in [-0.3, -0.25) is 9.59 Å². The van der Waals surface area contributed by atoms with Crippen LogP contribution >= 0.6 is 0 Å². The van der Waals surface area contributed by atoms with Crippen molar-refractivity contribution >= 4 is 28.5 Å². The molecule has 9 heteroatoms. The van der Waals surface area contributed by atoms with E-state index in [1.54, 1.807) is 23.1 Å². The van der Waals surface area contributed by atoms with Crippen molar-refractivity contribution in [3.63, 3.8) is 0 Å². The predicted molar refractivity (Wildman–Crippen MR) is 127 cm³/mol. The fraction of sp³-hybridized carbons (Fsp3) is 0.320. The standard InChI is InChI=1S/C25H27N3O6/c1-33-19-7-8-20-17(14-24(31)34-22(20)15-19)13-23(30)26-21(16-29)25(32)28-11-9-27(10-12-28)18-5-3-2-4-6-18/h2-8,14-15,21,29H,9-13,16H2,1H3,(H,26,30)/t21-/m0/s1. The van der Waals surface area contributed by atoms with E-state index in [1.807, 2.05) is 30.3 Å². The number of rotatable bonds is 7. The van der Waals surface area contributed by atoms with Crippen molar-refractivity contribution in [2.24, 2.45) is 0 Å². The molecule has 1 fully saturated rings. The number of methoxy groups -OCH3 is 1. The molecule has 1 atom stereocenters. The highest BCUT2D eigenvalue weighted by atomic mass is 16.5. The van der Waals surface area contributed by atoms with E-state index in [0.29, 0.717) is 48.5 Å². The Morgan fingerprint density at radius 2 is 1.82 bits per heavy atom. The number of aliphatic hydroxyl groups excluding tert-OH is 1. The Kier molecular flexibility index (Phi) is 7.12. The van der Waals surface area contributed by atoms with Crippen molar-refractivity contribution in [3.8, 4) is 5.75 Å². The molecule has 178 valence electrons. The number of aliphatic hydroxyl groups is 1. The van der Waals surface area contributed by atoms with Crippen molar-refractivity contribution < 1.29 is 23.8 Å². The second-order valence-corrected chi connectivity index (χ2v) is 8.08. The summed E-state index contributed by atoms with van der Waals surface area (Å²) in [7, 11) is 1.50. The first-order valence-corrected chi connectivity index (χ1v) is 11.1. The molecule has 0 spiro atoms. The lowest BCUT2D eigenvalue weighted by Crippen LogP contribution is -2.56. The van der Waals surface area contributed by atoms with Gasteiger partial charge in [0, 0.05) is 49.4 Å². The largest absolute Gasteiger partial charge is 0.497 e. The molecule has 0 saturated carbocycles. The summed E-state index contributed by atoms with van der Waals surface area (Å²) in [6, 6.07) is 15.2. The Morgan fingerprint density at radius 1 is 1.09 bits per heavy atom. The molecule has 1 aliphatic rings. The van der Waals surface area contributed by atoms with Crippen LogP contribution < -0.4 is 20.6 Å². The second kappa shape index (κ2) is 10.4. The van der Waals surface area contributed by atoms with Gasteiger partial charge in [-0.25, -0.2) is 4.79 Å². The van der Waals surface area contributed by atoms with E-state index in [4.69, 9.17) is 9.15 Å². The maximum atomic E-state index is 13.0. The molecule has 0 unspecified atom stereocenters. The number of ether oxygens (including phenoxy) is 1. The lowest BCUT2D eigenvalue weighted by molar-refractivity contribution is -0.137. The summed E-state index contributed by atoms with van der Waals surface area (Å²) in [6.45, 7) is 1.80. The van der Waals surface area contributed by atoms with Crippen LogP contribution in [-0.4, -0.2) is 67.8 Å². The highest BCUT2D eigenvalue weighted by Gasteiger charge is 2.28. The molecule has 0 aliphatic carbocycles. The molecule has 2 amide bonds. The molecular formula is C25H27N3O6. The number of nitrogens with one attached hydrogen (secondary N) is 1. The molecule has 1 saturated heterocycles. The SMILES string of the molecule is COc1ccc2c(CC(=O)N[C@@H](CO)C(=O)N3CCN(c4ccccc4)CC3)cc(=O)oc2c1. The molecule has 9 nitrogen and oxygen atoms in total. The monoisotopic (exact) mass is 465 g/mol. The Labute approximate surface area is 196 Å². The van der Waals surface area contributed by atoms with E-state index in [9.17, 15) is 19.5 Å². The average molecular weight is 466 g/mol. The fourth-order valence-electron chi connectivity index (χ4n) is 4.13. The number of anilines is 1. The summed E-state index contributed by atoms with van der Waals surface area (Å²) in [5.74, 6) is -0.278. The first kappa shape index (κ1) is 23.3. The van der Waals surface area contributed by atoms with E-state index < -0.39 is 24.2 Å². The number of carbonyl (C=O) groups is 2. The number of benzene rings is 2. The normalized spacial score (nSPS) is 14.6. The predicted octanol–water partition coefficient (Wildman–Crippen LogP) is 1.17. The van der Waals surface area contributed by atoms with Gasteiger partial charge >= 0.3 is 5.63 Å². The zero-order chi connectivity index (χ0) is 24.1. The molecule has 1 aromatic heterocycles. The zero-order valence-electron chi connectivity index (χ0n) is 18.9. The van der Waals surface area contributed by atoms with Gasteiger partial charge in [0.15, 0.2) is 0 Å².